The van der Waals surface area contributed by atoms with Gasteiger partial charge in [0.25, 0.3) is 5.56 Å². The van der Waals surface area contributed by atoms with Crippen LogP contribution in [0.3, 0.4) is 0 Å². The summed E-state index contributed by atoms with van der Waals surface area (Å²) in [7, 11) is -3.69. The van der Waals surface area contributed by atoms with E-state index in [1.54, 1.807) is 0 Å². The van der Waals surface area contributed by atoms with Gasteiger partial charge in [0.2, 0.25) is 0 Å². The molecular weight excluding hydrogens is 614 g/mol. The second-order valence-corrected chi connectivity index (χ2v) is 14.2. The average molecular weight is 650 g/mol. The lowest BCUT2D eigenvalue weighted by Crippen LogP contribution is -2.57. The molecule has 7 rings (SSSR count). The monoisotopic (exact) mass is 649 g/mol. The van der Waals surface area contributed by atoms with E-state index in [4.69, 9.17) is 9.47 Å². The number of rotatable bonds is 9. The van der Waals surface area contributed by atoms with Crippen LogP contribution in [0.2, 0.25) is 0 Å². The highest BCUT2D eigenvalue weighted by Gasteiger charge is 2.57. The third-order valence-electron chi connectivity index (χ3n) is 9.17. The summed E-state index contributed by atoms with van der Waals surface area (Å²) < 4.78 is 43.0. The molecule has 3 heterocycles. The lowest BCUT2D eigenvalue weighted by molar-refractivity contribution is -0.0832. The second kappa shape index (κ2) is 12.9. The maximum absolute atomic E-state index is 14.0. The summed E-state index contributed by atoms with van der Waals surface area (Å²) in [6.45, 7) is 0.643. The highest BCUT2D eigenvalue weighted by molar-refractivity contribution is 7.92. The summed E-state index contributed by atoms with van der Waals surface area (Å²) in [4.78, 5) is 29.5. The Morgan fingerprint density at radius 3 is 1.83 bits per heavy atom. The molecule has 1 aromatic heterocycles. The molecule has 2 fully saturated rings. The highest BCUT2D eigenvalue weighted by atomic mass is 32.2. The smallest absolute Gasteiger partial charge is 0.330 e. The molecule has 4 atom stereocenters. The molecule has 2 aliphatic heterocycles. The predicted molar refractivity (Wildman–Crippen MR) is 179 cm³/mol. The van der Waals surface area contributed by atoms with Crippen LogP contribution in [0.15, 0.2) is 143 Å². The maximum atomic E-state index is 14.0. The molecule has 0 spiro atoms. The minimum atomic E-state index is -3.69. The minimum absolute atomic E-state index is 0.0602. The lowest BCUT2D eigenvalue weighted by Gasteiger charge is -2.40. The molecule has 0 unspecified atom stereocenters. The Labute approximate surface area is 273 Å². The van der Waals surface area contributed by atoms with Crippen molar-refractivity contribution in [1.29, 1.82) is 0 Å². The largest absolute Gasteiger partial charge is 0.358 e. The number of hydrogen-bond acceptors (Lipinski definition) is 7. The highest BCUT2D eigenvalue weighted by Crippen LogP contribution is 2.44. The molecule has 0 bridgehead atoms. The van der Waals surface area contributed by atoms with Gasteiger partial charge in [0, 0.05) is 25.4 Å². The van der Waals surface area contributed by atoms with Gasteiger partial charge >= 0.3 is 5.69 Å². The number of benzene rings is 4. The fourth-order valence-corrected chi connectivity index (χ4v) is 9.15. The first kappa shape index (κ1) is 31.0. The Morgan fingerprint density at radius 1 is 0.766 bits per heavy atom. The molecular formula is C37H35N3O6S. The number of nitrogens with one attached hydrogen (secondary N) is 1. The molecule has 240 valence electrons. The summed E-state index contributed by atoms with van der Waals surface area (Å²) in [6, 6.07) is 39.9. The fourth-order valence-electron chi connectivity index (χ4n) is 7.05. The van der Waals surface area contributed by atoms with Gasteiger partial charge < -0.3 is 9.47 Å². The van der Waals surface area contributed by atoms with Crippen LogP contribution in [0.25, 0.3) is 0 Å². The van der Waals surface area contributed by atoms with E-state index in [0.717, 1.165) is 22.3 Å². The Kier molecular flexibility index (Phi) is 8.50. The topological polar surface area (TPSA) is 111 Å². The molecule has 9 nitrogen and oxygen atoms in total. The Hall–Kier alpha value is -4.61. The Balaban J connectivity index is 1.33. The van der Waals surface area contributed by atoms with Crippen LogP contribution >= 0.6 is 0 Å². The Bertz CT molecular complexity index is 1940. The number of ether oxygens (including phenoxy) is 2. The molecule has 5 aromatic rings. The molecule has 2 aliphatic rings. The van der Waals surface area contributed by atoms with Gasteiger partial charge in [0.15, 0.2) is 16.1 Å². The Morgan fingerprint density at radius 2 is 1.30 bits per heavy atom. The molecule has 4 aromatic carbocycles. The number of aromatic nitrogens is 2. The van der Waals surface area contributed by atoms with Gasteiger partial charge in [-0.05, 0) is 22.3 Å². The maximum Gasteiger partial charge on any atom is 0.330 e. The first-order valence-corrected chi connectivity index (χ1v) is 17.4. The van der Waals surface area contributed by atoms with Gasteiger partial charge in [-0.2, -0.15) is 0 Å². The van der Waals surface area contributed by atoms with E-state index in [2.05, 4.69) is 9.88 Å². The molecule has 2 saturated heterocycles. The number of hydrogen-bond donors (Lipinski definition) is 1. The zero-order valence-corrected chi connectivity index (χ0v) is 26.4. The molecule has 0 saturated carbocycles. The minimum Gasteiger partial charge on any atom is -0.358 e. The zero-order valence-electron chi connectivity index (χ0n) is 25.6. The summed E-state index contributed by atoms with van der Waals surface area (Å²) in [5.74, 6) is -0.0602. The number of sulfone groups is 1. The molecule has 0 amide bonds. The van der Waals surface area contributed by atoms with Crippen LogP contribution in [0.4, 0.5) is 0 Å². The van der Waals surface area contributed by atoms with Crippen LogP contribution in [0.5, 0.6) is 0 Å². The standard InChI is InChI=1S/C37H35N3O6S/c41-32-21-22-40(36(42)38-32)35-33-34(47(43,44)24-23-39(33)25-27-13-5-1-6-14-27)31(46-35)26-45-37(28-15-7-2-8-16-28,29-17-9-3-10-18-29)30-19-11-4-12-20-30/h1-22,31,33-35H,23-26H2,(H,38,41,42)/t31-,33-,34-,35-/m1/s1. The lowest BCUT2D eigenvalue weighted by atomic mass is 9.80. The normalized spacial score (nSPS) is 22.5. The van der Waals surface area contributed by atoms with Gasteiger partial charge in [0.05, 0.1) is 18.4 Å². The first-order valence-electron chi connectivity index (χ1n) is 15.6. The van der Waals surface area contributed by atoms with E-state index in [9.17, 15) is 18.0 Å². The van der Waals surface area contributed by atoms with E-state index in [1.165, 1.54) is 16.8 Å². The van der Waals surface area contributed by atoms with E-state index >= 15 is 0 Å². The van der Waals surface area contributed by atoms with Crippen molar-refractivity contribution in [2.75, 3.05) is 18.9 Å². The molecule has 0 aliphatic carbocycles. The summed E-state index contributed by atoms with van der Waals surface area (Å²) in [5, 5.41) is -0.996. The van der Waals surface area contributed by atoms with Gasteiger partial charge in [-0.1, -0.05) is 121 Å². The fraction of sp³-hybridized carbons (Fsp3) is 0.243. The van der Waals surface area contributed by atoms with Crippen molar-refractivity contribution in [3.63, 3.8) is 0 Å². The van der Waals surface area contributed by atoms with Crippen LogP contribution in [-0.4, -0.2) is 59.2 Å². The van der Waals surface area contributed by atoms with Gasteiger partial charge in [-0.25, -0.2) is 13.2 Å². The number of nitrogens with zero attached hydrogens (tertiary/aromatic N) is 2. The van der Waals surface area contributed by atoms with Crippen molar-refractivity contribution in [2.24, 2.45) is 0 Å². The number of aromatic amines is 1. The van der Waals surface area contributed by atoms with Crippen molar-refractivity contribution in [3.05, 3.63) is 177 Å². The second-order valence-electron chi connectivity index (χ2n) is 12.0. The van der Waals surface area contributed by atoms with E-state index in [0.29, 0.717) is 6.54 Å². The van der Waals surface area contributed by atoms with Crippen molar-refractivity contribution in [3.8, 4) is 0 Å². The number of H-pyrrole nitrogens is 1. The van der Waals surface area contributed by atoms with Crippen LogP contribution in [0, 0.1) is 0 Å². The van der Waals surface area contributed by atoms with Gasteiger partial charge in [-0.3, -0.25) is 19.2 Å². The average Bonchev–Trinajstić information content (AvgIpc) is 3.49. The predicted octanol–water partition coefficient (Wildman–Crippen LogP) is 4.11. The third kappa shape index (κ3) is 5.89. The van der Waals surface area contributed by atoms with Gasteiger partial charge in [0.1, 0.15) is 17.0 Å². The van der Waals surface area contributed by atoms with E-state index in [1.807, 2.05) is 121 Å². The summed E-state index contributed by atoms with van der Waals surface area (Å²) in [6.07, 6.45) is -0.546. The molecule has 1 N–H and O–H groups in total. The summed E-state index contributed by atoms with van der Waals surface area (Å²) in [5.41, 5.74) is 1.31. The summed E-state index contributed by atoms with van der Waals surface area (Å²) >= 11 is 0. The SMILES string of the molecule is O=c1ccn([C@@H]2O[C@H](COC(c3ccccc3)(c3ccccc3)c3ccccc3)[C@@H]3[C@H]2N(Cc2ccccc2)CCS3(=O)=O)c(=O)[nH]1. The first-order chi connectivity index (χ1) is 22.9. The van der Waals surface area contributed by atoms with Crippen LogP contribution in [-0.2, 0) is 31.5 Å². The number of fused-ring (bicyclic) bond motifs is 1. The molecule has 47 heavy (non-hydrogen) atoms. The molecule has 10 heteroatoms. The van der Waals surface area contributed by atoms with Crippen molar-refractivity contribution >= 4 is 9.84 Å². The van der Waals surface area contributed by atoms with E-state index < -0.39 is 50.3 Å². The van der Waals surface area contributed by atoms with Crippen LogP contribution in [0.1, 0.15) is 28.5 Å². The van der Waals surface area contributed by atoms with Crippen LogP contribution < -0.4 is 11.2 Å². The molecule has 0 radical (unpaired) electrons. The third-order valence-corrected chi connectivity index (χ3v) is 11.3. The van der Waals surface area contributed by atoms with Crippen molar-refractivity contribution in [2.45, 2.75) is 35.8 Å². The quantitative estimate of drug-likeness (QED) is 0.240. The van der Waals surface area contributed by atoms with Crippen molar-refractivity contribution in [1.82, 2.24) is 14.5 Å². The van der Waals surface area contributed by atoms with E-state index in [-0.39, 0.29) is 18.9 Å². The van der Waals surface area contributed by atoms with Gasteiger partial charge in [-0.15, -0.1) is 0 Å². The van der Waals surface area contributed by atoms with Crippen molar-refractivity contribution < 1.29 is 17.9 Å². The zero-order chi connectivity index (χ0) is 32.4.